The lowest BCUT2D eigenvalue weighted by Gasteiger charge is -2.40. The molecular formula is C37H43ClF2N2O5S2. The topological polar surface area (TPSA) is 76.2 Å². The van der Waals surface area contributed by atoms with Crippen LogP contribution in [0.2, 0.25) is 5.02 Å². The van der Waals surface area contributed by atoms with Crippen molar-refractivity contribution in [2.75, 3.05) is 26.7 Å². The van der Waals surface area contributed by atoms with Gasteiger partial charge in [-0.15, -0.1) is 11.3 Å². The number of benzene rings is 3. The third-order valence-corrected chi connectivity index (χ3v) is 12.1. The van der Waals surface area contributed by atoms with E-state index in [9.17, 15) is 22.6 Å². The molecule has 1 fully saturated rings. The van der Waals surface area contributed by atoms with Gasteiger partial charge in [0, 0.05) is 36.1 Å². The summed E-state index contributed by atoms with van der Waals surface area (Å²) in [6, 6.07) is 15.0. The molecule has 0 radical (unpaired) electrons. The van der Waals surface area contributed by atoms with Crippen LogP contribution >= 0.6 is 22.9 Å². The molecule has 0 unspecified atom stereocenters. The summed E-state index contributed by atoms with van der Waals surface area (Å²) in [5, 5.41) is -0.229. The van der Waals surface area contributed by atoms with Crippen LogP contribution in [-0.2, 0) is 21.2 Å². The molecule has 1 aliphatic rings. The molecule has 0 atom stereocenters. The van der Waals surface area contributed by atoms with Gasteiger partial charge in [0.1, 0.15) is 27.9 Å². The average molecular weight is 733 g/mol. The van der Waals surface area contributed by atoms with Crippen molar-refractivity contribution in [3.63, 3.8) is 0 Å². The van der Waals surface area contributed by atoms with Gasteiger partial charge in [0.25, 0.3) is 5.91 Å². The van der Waals surface area contributed by atoms with E-state index in [2.05, 4.69) is 0 Å². The molecule has 1 heterocycles. The maximum Gasteiger partial charge on any atom is 0.410 e. The van der Waals surface area contributed by atoms with Crippen LogP contribution in [0.3, 0.4) is 0 Å². The summed E-state index contributed by atoms with van der Waals surface area (Å²) in [6.45, 7) is 5.59. The van der Waals surface area contributed by atoms with E-state index in [1.165, 1.54) is 0 Å². The molecule has 0 saturated heterocycles. The molecule has 0 aliphatic heterocycles. The second-order valence-electron chi connectivity index (χ2n) is 13.9. The summed E-state index contributed by atoms with van der Waals surface area (Å²) in [5.41, 5.74) is 1.81. The summed E-state index contributed by atoms with van der Waals surface area (Å²) < 4.78 is 53.8. The van der Waals surface area contributed by atoms with Crippen molar-refractivity contribution in [2.24, 2.45) is 0 Å². The first-order chi connectivity index (χ1) is 23.0. The number of hydrogen-bond donors (Lipinski definition) is 1. The van der Waals surface area contributed by atoms with E-state index in [-0.39, 0.29) is 38.6 Å². The van der Waals surface area contributed by atoms with Gasteiger partial charge in [-0.2, -0.15) is 0 Å². The Bertz CT molecular complexity index is 1930. The van der Waals surface area contributed by atoms with Crippen LogP contribution in [0, 0.1) is 11.6 Å². The van der Waals surface area contributed by atoms with E-state index >= 15 is 0 Å². The normalized spacial score (nSPS) is 17.1. The zero-order chi connectivity index (χ0) is 35.8. The van der Waals surface area contributed by atoms with Crippen LogP contribution < -0.4 is 4.74 Å². The number of rotatable bonds is 8. The number of hydrogen-bond acceptors (Lipinski definition) is 6. The Kier molecular flexibility index (Phi) is 10.8. The molecule has 0 bridgehead atoms. The Morgan fingerprint density at radius 3 is 2.20 bits per heavy atom. The number of methoxy groups -OCH3 is 1. The van der Waals surface area contributed by atoms with Crippen molar-refractivity contribution in [2.45, 2.75) is 75.6 Å². The molecule has 1 aromatic heterocycles. The van der Waals surface area contributed by atoms with Gasteiger partial charge in [0.2, 0.25) is 0 Å². The van der Waals surface area contributed by atoms with Crippen LogP contribution in [0.1, 0.15) is 61.7 Å². The number of nitrogens with zero attached hydrogens (tertiary/aromatic N) is 2. The number of ether oxygens (including phenoxy) is 2. The van der Waals surface area contributed by atoms with Gasteiger partial charge in [-0.1, -0.05) is 39.7 Å². The predicted octanol–water partition coefficient (Wildman–Crippen LogP) is 8.96. The van der Waals surface area contributed by atoms with Gasteiger partial charge in [-0.05, 0) is 106 Å². The number of thiophene rings is 1. The van der Waals surface area contributed by atoms with Crippen molar-refractivity contribution in [1.82, 2.24) is 9.80 Å². The lowest BCUT2D eigenvalue weighted by atomic mass is 9.89. The molecule has 12 heteroatoms. The molecule has 2 amide bonds. The van der Waals surface area contributed by atoms with Crippen molar-refractivity contribution < 1.29 is 32.1 Å². The maximum atomic E-state index is 14.9. The van der Waals surface area contributed by atoms with Gasteiger partial charge >= 0.3 is 6.09 Å². The van der Waals surface area contributed by atoms with E-state index in [4.69, 9.17) is 21.1 Å². The summed E-state index contributed by atoms with van der Waals surface area (Å²) >= 11 is 7.47. The fourth-order valence-electron chi connectivity index (χ4n) is 6.26. The van der Waals surface area contributed by atoms with Gasteiger partial charge in [-0.25, -0.2) is 13.6 Å². The number of carbonyl (C=O) groups is 2. The van der Waals surface area contributed by atoms with Crippen molar-refractivity contribution in [3.8, 4) is 16.9 Å². The fraction of sp³-hybridized carbons (Fsp3) is 0.405. The van der Waals surface area contributed by atoms with Crippen molar-refractivity contribution >= 4 is 55.0 Å². The lowest BCUT2D eigenvalue weighted by molar-refractivity contribution is 0.0144. The van der Waals surface area contributed by atoms with Crippen LogP contribution in [-0.4, -0.2) is 70.4 Å². The molecule has 3 aromatic carbocycles. The van der Waals surface area contributed by atoms with Crippen LogP contribution in [0.4, 0.5) is 13.6 Å². The van der Waals surface area contributed by atoms with E-state index < -0.39 is 39.2 Å². The highest BCUT2D eigenvalue weighted by Gasteiger charge is 2.35. The number of amides is 2. The molecule has 0 spiro atoms. The Morgan fingerprint density at radius 1 is 0.959 bits per heavy atom. The highest BCUT2D eigenvalue weighted by molar-refractivity contribution is 8.01. The molecular weight excluding hydrogens is 690 g/mol. The van der Waals surface area contributed by atoms with Crippen LogP contribution in [0.25, 0.3) is 21.2 Å². The first kappa shape index (κ1) is 36.7. The molecule has 5 rings (SSSR count). The van der Waals surface area contributed by atoms with Crippen molar-refractivity contribution in [3.05, 3.63) is 81.7 Å². The summed E-state index contributed by atoms with van der Waals surface area (Å²) in [6.07, 6.45) is 5.43. The minimum absolute atomic E-state index is 0.0143. The molecule has 4 aromatic rings. The second-order valence-corrected chi connectivity index (χ2v) is 18.5. The van der Waals surface area contributed by atoms with Gasteiger partial charge < -0.3 is 19.3 Å². The summed E-state index contributed by atoms with van der Waals surface area (Å²) in [4.78, 5) is 31.5. The molecule has 1 aliphatic carbocycles. The third-order valence-electron chi connectivity index (χ3n) is 8.90. The number of fused-ring (bicyclic) bond motifs is 1. The van der Waals surface area contributed by atoms with Gasteiger partial charge in [-0.3, -0.25) is 9.00 Å². The Hall–Kier alpha value is -3.54. The minimum atomic E-state index is -2.51. The fourth-order valence-corrected chi connectivity index (χ4v) is 8.66. The SMILES string of the molecule is COc1ccc(-c2cccc([SH](C)(C)=O)c2)cc1CN(C(=O)c1sc2c(F)ccc(F)c2c1Cl)[C@H]1CC[C@H](N(C)C(=O)OC(C)(C)C)CC1. The standard InChI is InChI=1S/C37H43ClF2N2O5S2/c1-37(2,3)47-36(44)41(4)25-12-14-26(15-13-25)42(35(43)34-32(38)31-28(39)16-17-29(40)33(31)48-34)21-24-19-23(11-18-30(24)46-5)22-9-8-10-27(20-22)49(6,7)45/h8-11,16-20,25-26,49H,12-15,21H2,1-7H3/t25-,26-. The lowest BCUT2D eigenvalue weighted by Crippen LogP contribution is -2.47. The van der Waals surface area contributed by atoms with E-state index in [0.29, 0.717) is 31.4 Å². The second kappa shape index (κ2) is 14.4. The minimum Gasteiger partial charge on any atom is -0.496 e. The maximum absolute atomic E-state index is 14.9. The number of thiol groups is 1. The molecule has 0 N–H and O–H groups in total. The first-order valence-electron chi connectivity index (χ1n) is 16.1. The van der Waals surface area contributed by atoms with Crippen LogP contribution in [0.5, 0.6) is 5.75 Å². The molecule has 49 heavy (non-hydrogen) atoms. The highest BCUT2D eigenvalue weighted by Crippen LogP contribution is 2.41. The third kappa shape index (κ3) is 8.10. The number of carbonyl (C=O) groups excluding carboxylic acids is 2. The smallest absolute Gasteiger partial charge is 0.410 e. The molecule has 1 saturated carbocycles. The van der Waals surface area contributed by atoms with E-state index in [1.54, 1.807) is 36.5 Å². The summed E-state index contributed by atoms with van der Waals surface area (Å²) in [5.74, 6) is -1.23. The predicted molar refractivity (Wildman–Crippen MR) is 195 cm³/mol. The Balaban J connectivity index is 1.51. The largest absolute Gasteiger partial charge is 0.496 e. The quantitative estimate of drug-likeness (QED) is 0.183. The Labute approximate surface area is 296 Å². The van der Waals surface area contributed by atoms with Crippen LogP contribution in [0.15, 0.2) is 59.5 Å². The monoisotopic (exact) mass is 732 g/mol. The van der Waals surface area contributed by atoms with Gasteiger partial charge in [0.15, 0.2) is 0 Å². The van der Waals surface area contributed by atoms with E-state index in [1.807, 2.05) is 63.2 Å². The van der Waals surface area contributed by atoms with Gasteiger partial charge in [0.05, 0.1) is 22.2 Å². The van der Waals surface area contributed by atoms with Crippen molar-refractivity contribution in [1.29, 1.82) is 0 Å². The number of halogens is 3. The molecule has 7 nitrogen and oxygen atoms in total. The molecule has 264 valence electrons. The zero-order valence-corrected chi connectivity index (χ0v) is 31.3. The zero-order valence-electron chi connectivity index (χ0n) is 28.8. The highest BCUT2D eigenvalue weighted by atomic mass is 35.5. The Morgan fingerprint density at radius 2 is 1.59 bits per heavy atom. The average Bonchev–Trinajstić information content (AvgIpc) is 3.41. The van der Waals surface area contributed by atoms with E-state index in [0.717, 1.165) is 45.1 Å². The first-order valence-corrected chi connectivity index (χ1v) is 19.9. The summed E-state index contributed by atoms with van der Waals surface area (Å²) in [7, 11) is 0.773.